The molecule has 0 spiro atoms. The molecule has 33 heavy (non-hydrogen) atoms. The normalized spacial score (nSPS) is 20.1. The van der Waals surface area contributed by atoms with Gasteiger partial charge in [0, 0.05) is 43.6 Å². The summed E-state index contributed by atoms with van der Waals surface area (Å²) in [5, 5.41) is 5.61. The van der Waals surface area contributed by atoms with Crippen molar-refractivity contribution in [3.63, 3.8) is 0 Å². The summed E-state index contributed by atoms with van der Waals surface area (Å²) in [6.45, 7) is 3.56. The number of carbonyl (C=O) groups is 2. The third kappa shape index (κ3) is 4.69. The molecule has 10 heteroatoms. The Morgan fingerprint density at radius 2 is 1.70 bits per heavy atom. The number of amides is 2. The predicted molar refractivity (Wildman–Crippen MR) is 120 cm³/mol. The number of ether oxygens (including phenoxy) is 2. The fraction of sp³-hybridized carbons (Fsp3) is 0.348. The third-order valence-corrected chi connectivity index (χ3v) is 5.79. The van der Waals surface area contributed by atoms with Gasteiger partial charge < -0.3 is 24.6 Å². The van der Waals surface area contributed by atoms with Crippen LogP contribution in [0.3, 0.4) is 0 Å². The van der Waals surface area contributed by atoms with Gasteiger partial charge in [-0.25, -0.2) is 9.38 Å². The van der Waals surface area contributed by atoms with E-state index in [-0.39, 0.29) is 24.1 Å². The van der Waals surface area contributed by atoms with Crippen molar-refractivity contribution in [3.05, 3.63) is 48.3 Å². The number of aliphatic imine (C=N–C) groups is 1. The fourth-order valence-electron chi connectivity index (χ4n) is 4.06. The highest BCUT2D eigenvalue weighted by Gasteiger charge is 2.31. The van der Waals surface area contributed by atoms with Crippen LogP contribution in [0.5, 0.6) is 11.5 Å². The number of piperazine rings is 1. The highest BCUT2D eigenvalue weighted by molar-refractivity contribution is 6.06. The van der Waals surface area contributed by atoms with E-state index in [4.69, 9.17) is 9.47 Å². The van der Waals surface area contributed by atoms with E-state index in [1.54, 1.807) is 30.3 Å². The van der Waals surface area contributed by atoms with E-state index in [0.29, 0.717) is 62.5 Å². The van der Waals surface area contributed by atoms with E-state index in [9.17, 15) is 14.0 Å². The lowest BCUT2D eigenvalue weighted by atomic mass is 10.1. The van der Waals surface area contributed by atoms with Crippen LogP contribution < -0.4 is 25.0 Å². The standard InChI is InChI=1S/C23H24FN5O4/c24-15-1-4-17(5-2-15)28-7-9-29(10-8-28)23-26-18(14-21(30)27-23)22(31)25-16-3-6-19-20(13-16)33-12-11-32-19/h1-6,13,18H,7-12,14H2,(H,25,31)(H,26,27,30)/t18-/m0/s1. The van der Waals surface area contributed by atoms with Gasteiger partial charge in [-0.2, -0.15) is 0 Å². The van der Waals surface area contributed by atoms with Crippen molar-refractivity contribution in [2.75, 3.05) is 49.6 Å². The molecule has 2 aromatic carbocycles. The van der Waals surface area contributed by atoms with E-state index in [1.807, 2.05) is 4.90 Å². The predicted octanol–water partition coefficient (Wildman–Crippen LogP) is 1.60. The molecule has 3 aliphatic heterocycles. The molecule has 3 heterocycles. The van der Waals surface area contributed by atoms with Gasteiger partial charge in [0.15, 0.2) is 11.5 Å². The molecule has 0 aliphatic carbocycles. The second kappa shape index (κ2) is 8.97. The van der Waals surface area contributed by atoms with Crippen LogP contribution in [-0.2, 0) is 9.59 Å². The zero-order valence-electron chi connectivity index (χ0n) is 17.9. The van der Waals surface area contributed by atoms with Gasteiger partial charge in [0.1, 0.15) is 25.1 Å². The largest absolute Gasteiger partial charge is 0.486 e. The van der Waals surface area contributed by atoms with E-state index in [2.05, 4.69) is 20.5 Å². The molecule has 9 nitrogen and oxygen atoms in total. The maximum Gasteiger partial charge on any atom is 0.249 e. The average molecular weight is 453 g/mol. The molecule has 2 N–H and O–H groups in total. The zero-order chi connectivity index (χ0) is 22.8. The molecule has 2 aromatic rings. The second-order valence-electron chi connectivity index (χ2n) is 8.02. The number of nitrogens with zero attached hydrogens (tertiary/aromatic N) is 3. The van der Waals surface area contributed by atoms with Crippen molar-refractivity contribution >= 4 is 29.1 Å². The number of anilines is 2. The van der Waals surface area contributed by atoms with Crippen molar-refractivity contribution < 1.29 is 23.5 Å². The summed E-state index contributed by atoms with van der Waals surface area (Å²) in [4.78, 5) is 33.8. The molecule has 0 unspecified atom stereocenters. The quantitative estimate of drug-likeness (QED) is 0.733. The van der Waals surface area contributed by atoms with Gasteiger partial charge in [0.25, 0.3) is 0 Å². The Hall–Kier alpha value is -3.82. The van der Waals surface area contributed by atoms with Crippen LogP contribution >= 0.6 is 0 Å². The molecule has 0 radical (unpaired) electrons. The van der Waals surface area contributed by atoms with E-state index in [0.717, 1.165) is 5.69 Å². The van der Waals surface area contributed by atoms with Gasteiger partial charge in [-0.1, -0.05) is 0 Å². The highest BCUT2D eigenvalue weighted by Crippen LogP contribution is 2.32. The summed E-state index contributed by atoms with van der Waals surface area (Å²) < 4.78 is 24.2. The summed E-state index contributed by atoms with van der Waals surface area (Å²) in [5.74, 6) is 0.747. The van der Waals surface area contributed by atoms with Crippen molar-refractivity contribution in [2.24, 2.45) is 4.99 Å². The van der Waals surface area contributed by atoms with E-state index in [1.165, 1.54) is 12.1 Å². The lowest BCUT2D eigenvalue weighted by molar-refractivity contribution is -0.125. The monoisotopic (exact) mass is 453 g/mol. The fourth-order valence-corrected chi connectivity index (χ4v) is 4.06. The Balaban J connectivity index is 1.23. The number of carbonyl (C=O) groups excluding carboxylic acids is 2. The Labute approximate surface area is 190 Å². The number of hydrogen-bond acceptors (Lipinski definition) is 7. The van der Waals surface area contributed by atoms with Crippen molar-refractivity contribution in [3.8, 4) is 11.5 Å². The highest BCUT2D eigenvalue weighted by atomic mass is 19.1. The third-order valence-electron chi connectivity index (χ3n) is 5.79. The molecule has 1 saturated heterocycles. The van der Waals surface area contributed by atoms with Crippen LogP contribution in [0.2, 0.25) is 0 Å². The number of fused-ring (bicyclic) bond motifs is 1. The van der Waals surface area contributed by atoms with Gasteiger partial charge in [0.2, 0.25) is 17.8 Å². The number of halogens is 1. The van der Waals surface area contributed by atoms with Crippen LogP contribution in [0.15, 0.2) is 47.5 Å². The van der Waals surface area contributed by atoms with Crippen LogP contribution in [0, 0.1) is 5.82 Å². The number of rotatable bonds is 3. The first-order chi connectivity index (χ1) is 16.0. The van der Waals surface area contributed by atoms with Gasteiger partial charge >= 0.3 is 0 Å². The first-order valence-corrected chi connectivity index (χ1v) is 10.9. The first kappa shape index (κ1) is 21.0. The molecule has 3 aliphatic rings. The molecule has 172 valence electrons. The lowest BCUT2D eigenvalue weighted by Gasteiger charge is -2.38. The van der Waals surface area contributed by atoms with Crippen LogP contribution in [0.1, 0.15) is 6.42 Å². The smallest absolute Gasteiger partial charge is 0.249 e. The molecule has 0 aromatic heterocycles. The van der Waals surface area contributed by atoms with E-state index >= 15 is 0 Å². The molecular formula is C23H24FN5O4. The van der Waals surface area contributed by atoms with Crippen LogP contribution in [-0.4, -0.2) is 68.1 Å². The second-order valence-corrected chi connectivity index (χ2v) is 8.02. The Morgan fingerprint density at radius 1 is 1.00 bits per heavy atom. The van der Waals surface area contributed by atoms with Gasteiger partial charge in [0.05, 0.1) is 6.42 Å². The summed E-state index contributed by atoms with van der Waals surface area (Å²) in [6, 6.07) is 10.7. The number of guanidine groups is 1. The molecule has 0 bridgehead atoms. The van der Waals surface area contributed by atoms with Crippen molar-refractivity contribution in [1.29, 1.82) is 0 Å². The summed E-state index contributed by atoms with van der Waals surface area (Å²) in [7, 11) is 0. The van der Waals surface area contributed by atoms with Crippen molar-refractivity contribution in [1.82, 2.24) is 10.2 Å². The average Bonchev–Trinajstić information content (AvgIpc) is 2.84. The summed E-state index contributed by atoms with van der Waals surface area (Å²) in [5.41, 5.74) is 1.50. The minimum atomic E-state index is -0.822. The number of nitrogens with one attached hydrogen (secondary N) is 2. The maximum absolute atomic E-state index is 13.2. The molecule has 2 amide bonds. The van der Waals surface area contributed by atoms with E-state index < -0.39 is 6.04 Å². The van der Waals surface area contributed by atoms with Gasteiger partial charge in [-0.3, -0.25) is 14.9 Å². The molecular weight excluding hydrogens is 429 g/mol. The van der Waals surface area contributed by atoms with Crippen LogP contribution in [0.25, 0.3) is 0 Å². The lowest BCUT2D eigenvalue weighted by Crippen LogP contribution is -2.56. The topological polar surface area (TPSA) is 95.5 Å². The number of hydrogen-bond donors (Lipinski definition) is 2. The molecule has 5 rings (SSSR count). The summed E-state index contributed by atoms with van der Waals surface area (Å²) in [6.07, 6.45) is -0.0184. The Morgan fingerprint density at radius 3 is 2.45 bits per heavy atom. The first-order valence-electron chi connectivity index (χ1n) is 10.9. The zero-order valence-corrected chi connectivity index (χ0v) is 17.9. The molecule has 0 saturated carbocycles. The van der Waals surface area contributed by atoms with Crippen molar-refractivity contribution in [2.45, 2.75) is 12.5 Å². The minimum absolute atomic E-state index is 0.0184. The summed E-state index contributed by atoms with van der Waals surface area (Å²) >= 11 is 0. The Kier molecular flexibility index (Phi) is 5.72. The molecule has 1 fully saturated rings. The number of benzene rings is 2. The Bertz CT molecular complexity index is 1080. The van der Waals surface area contributed by atoms with Crippen LogP contribution in [0.4, 0.5) is 15.8 Å². The molecule has 1 atom stereocenters. The minimum Gasteiger partial charge on any atom is -0.486 e. The van der Waals surface area contributed by atoms with Gasteiger partial charge in [-0.15, -0.1) is 0 Å². The van der Waals surface area contributed by atoms with Gasteiger partial charge in [-0.05, 0) is 36.4 Å². The SMILES string of the molecule is O=C1C[C@@H](C(=O)Nc2ccc3c(c2)OCCO3)N=C(N2CCN(c3ccc(F)cc3)CC2)N1. The maximum atomic E-state index is 13.2.